The molecule has 0 spiro atoms. The lowest BCUT2D eigenvalue weighted by Gasteiger charge is -2.20. The molecule has 2 aromatic heterocycles. The molecule has 214 valence electrons. The zero-order valence-electron chi connectivity index (χ0n) is 24.9. The van der Waals surface area contributed by atoms with Gasteiger partial charge in [-0.15, -0.1) is 0 Å². The van der Waals surface area contributed by atoms with Crippen LogP contribution in [0.15, 0.2) is 164 Å². The number of nitriles is 1. The minimum absolute atomic E-state index is 0.665. The Morgan fingerprint density at radius 1 is 0.391 bits per heavy atom. The molecular weight excluding hydrogens is 558 g/mol. The second kappa shape index (κ2) is 10.4. The molecule has 0 aliphatic rings. The Balaban J connectivity index is 1.35. The Bertz CT molecular complexity index is 2600. The van der Waals surface area contributed by atoms with E-state index >= 15 is 0 Å². The molecule has 2 heterocycles. The van der Waals surface area contributed by atoms with Crippen LogP contribution in [0.1, 0.15) is 5.56 Å². The highest BCUT2D eigenvalue weighted by atomic mass is 15.0. The van der Waals surface area contributed by atoms with Crippen molar-refractivity contribution >= 4 is 43.6 Å². The third-order valence-corrected chi connectivity index (χ3v) is 9.14. The quantitative estimate of drug-likeness (QED) is 0.202. The number of rotatable bonds is 4. The first-order valence-electron chi connectivity index (χ1n) is 15.5. The monoisotopic (exact) mass is 585 g/mol. The Hall–Kier alpha value is -6.37. The summed E-state index contributed by atoms with van der Waals surface area (Å²) in [5.74, 6) is 0. The maximum Gasteiger partial charge on any atom is 0.0991 e. The number of benzene rings is 7. The van der Waals surface area contributed by atoms with Crippen LogP contribution in [-0.4, -0.2) is 9.13 Å². The van der Waals surface area contributed by atoms with Gasteiger partial charge < -0.3 is 9.13 Å². The van der Waals surface area contributed by atoms with Crippen molar-refractivity contribution in [2.75, 3.05) is 0 Å². The molecule has 46 heavy (non-hydrogen) atoms. The Morgan fingerprint density at radius 2 is 0.913 bits per heavy atom. The second-order valence-electron chi connectivity index (χ2n) is 11.7. The zero-order chi connectivity index (χ0) is 30.6. The molecular formula is C43H27N3. The van der Waals surface area contributed by atoms with Gasteiger partial charge in [-0.2, -0.15) is 5.26 Å². The first kappa shape index (κ1) is 26.1. The molecule has 0 aliphatic carbocycles. The van der Waals surface area contributed by atoms with Crippen LogP contribution >= 0.6 is 0 Å². The van der Waals surface area contributed by atoms with Gasteiger partial charge in [-0.25, -0.2) is 0 Å². The number of aromatic nitrogens is 2. The summed E-state index contributed by atoms with van der Waals surface area (Å²) in [5, 5.41) is 14.3. The molecule has 0 saturated heterocycles. The molecule has 3 heteroatoms. The van der Waals surface area contributed by atoms with E-state index in [0.29, 0.717) is 5.56 Å². The fourth-order valence-corrected chi connectivity index (χ4v) is 7.16. The number of para-hydroxylation sites is 4. The van der Waals surface area contributed by atoms with Gasteiger partial charge in [0.05, 0.1) is 39.4 Å². The van der Waals surface area contributed by atoms with Gasteiger partial charge >= 0.3 is 0 Å². The summed E-state index contributed by atoms with van der Waals surface area (Å²) in [7, 11) is 0. The van der Waals surface area contributed by atoms with Gasteiger partial charge in [-0.05, 0) is 59.7 Å². The van der Waals surface area contributed by atoms with Crippen LogP contribution < -0.4 is 0 Å². The minimum Gasteiger partial charge on any atom is -0.309 e. The van der Waals surface area contributed by atoms with Crippen LogP contribution in [0.2, 0.25) is 0 Å². The van der Waals surface area contributed by atoms with Gasteiger partial charge in [-0.1, -0.05) is 115 Å². The molecule has 7 aromatic carbocycles. The van der Waals surface area contributed by atoms with Gasteiger partial charge in [0.25, 0.3) is 0 Å². The van der Waals surface area contributed by atoms with Gasteiger partial charge in [0.2, 0.25) is 0 Å². The lowest BCUT2D eigenvalue weighted by Crippen LogP contribution is -2.01. The molecule has 0 amide bonds. The van der Waals surface area contributed by atoms with Gasteiger partial charge in [-0.3, -0.25) is 0 Å². The van der Waals surface area contributed by atoms with E-state index in [1.54, 1.807) is 0 Å². The van der Waals surface area contributed by atoms with E-state index in [1.807, 2.05) is 12.1 Å². The third kappa shape index (κ3) is 3.91. The molecule has 0 saturated carbocycles. The van der Waals surface area contributed by atoms with Crippen molar-refractivity contribution in [3.05, 3.63) is 169 Å². The fraction of sp³-hybridized carbons (Fsp3) is 0. The SMILES string of the molecule is N#Cc1ccc2c(c1)c1ccccc1n2-c1cccc(-c2cccc(-c3ccccc3)c2-n2c3ccccc3c3ccccc32)c1. The Kier molecular flexibility index (Phi) is 5.88. The molecule has 0 aliphatic heterocycles. The summed E-state index contributed by atoms with van der Waals surface area (Å²) < 4.78 is 4.76. The van der Waals surface area contributed by atoms with E-state index in [1.165, 1.54) is 32.9 Å². The van der Waals surface area contributed by atoms with Gasteiger partial charge in [0.1, 0.15) is 0 Å². The van der Waals surface area contributed by atoms with Crippen LogP contribution in [0.25, 0.3) is 77.2 Å². The third-order valence-electron chi connectivity index (χ3n) is 9.14. The van der Waals surface area contributed by atoms with Crippen molar-refractivity contribution in [2.24, 2.45) is 0 Å². The topological polar surface area (TPSA) is 33.6 Å². The van der Waals surface area contributed by atoms with Crippen molar-refractivity contribution in [3.8, 4) is 39.7 Å². The molecule has 0 fully saturated rings. The first-order valence-corrected chi connectivity index (χ1v) is 15.5. The van der Waals surface area contributed by atoms with E-state index in [9.17, 15) is 5.26 Å². The predicted molar refractivity (Wildman–Crippen MR) is 191 cm³/mol. The van der Waals surface area contributed by atoms with E-state index in [-0.39, 0.29) is 0 Å². The predicted octanol–water partition coefficient (Wildman–Crippen LogP) is 11.1. The van der Waals surface area contributed by atoms with E-state index < -0.39 is 0 Å². The van der Waals surface area contributed by atoms with Crippen LogP contribution in [0, 0.1) is 11.3 Å². The molecule has 0 N–H and O–H groups in total. The lowest BCUT2D eigenvalue weighted by molar-refractivity contribution is 1.17. The van der Waals surface area contributed by atoms with Crippen LogP contribution in [0.3, 0.4) is 0 Å². The number of hydrogen-bond donors (Lipinski definition) is 0. The summed E-state index contributed by atoms with van der Waals surface area (Å²) >= 11 is 0. The van der Waals surface area contributed by atoms with Crippen molar-refractivity contribution in [1.29, 1.82) is 5.26 Å². The van der Waals surface area contributed by atoms with Crippen molar-refractivity contribution in [2.45, 2.75) is 0 Å². The van der Waals surface area contributed by atoms with Crippen LogP contribution in [0.4, 0.5) is 0 Å². The first-order chi connectivity index (χ1) is 22.8. The number of hydrogen-bond acceptors (Lipinski definition) is 1. The molecule has 0 unspecified atom stereocenters. The molecule has 3 nitrogen and oxygen atoms in total. The lowest BCUT2D eigenvalue weighted by atomic mass is 9.95. The maximum atomic E-state index is 9.64. The van der Waals surface area contributed by atoms with E-state index in [2.05, 4.69) is 167 Å². The summed E-state index contributed by atoms with van der Waals surface area (Å²) in [6.45, 7) is 0. The molecule has 9 rings (SSSR count). The molecule has 0 bridgehead atoms. The highest BCUT2D eigenvalue weighted by Gasteiger charge is 2.20. The maximum absolute atomic E-state index is 9.64. The van der Waals surface area contributed by atoms with E-state index in [4.69, 9.17) is 0 Å². The summed E-state index contributed by atoms with van der Waals surface area (Å²) in [4.78, 5) is 0. The van der Waals surface area contributed by atoms with Gasteiger partial charge in [0.15, 0.2) is 0 Å². The number of fused-ring (bicyclic) bond motifs is 6. The second-order valence-corrected chi connectivity index (χ2v) is 11.7. The van der Waals surface area contributed by atoms with Gasteiger partial charge in [0, 0.05) is 38.4 Å². The Labute approximate surface area is 266 Å². The van der Waals surface area contributed by atoms with Crippen LogP contribution in [-0.2, 0) is 0 Å². The summed E-state index contributed by atoms with van der Waals surface area (Å²) in [6, 6.07) is 60.3. The van der Waals surface area contributed by atoms with Crippen molar-refractivity contribution in [1.82, 2.24) is 9.13 Å². The average Bonchev–Trinajstić information content (AvgIpc) is 3.64. The summed E-state index contributed by atoms with van der Waals surface area (Å²) in [6.07, 6.45) is 0. The standard InChI is InChI=1S/C43H27N3/c44-28-29-24-25-42-38(26-29)37-18-6-7-21-39(37)45(42)32-15-10-14-31(27-32)34-20-11-19-33(30-12-2-1-3-13-30)43(34)46-40-22-8-4-16-35(40)36-17-5-9-23-41(36)46/h1-27H. The van der Waals surface area contributed by atoms with Crippen molar-refractivity contribution < 1.29 is 0 Å². The van der Waals surface area contributed by atoms with E-state index in [0.717, 1.165) is 44.3 Å². The highest BCUT2D eigenvalue weighted by Crippen LogP contribution is 2.42. The van der Waals surface area contributed by atoms with Crippen molar-refractivity contribution in [3.63, 3.8) is 0 Å². The molecule has 0 radical (unpaired) electrons. The normalized spacial score (nSPS) is 11.5. The Morgan fingerprint density at radius 3 is 1.59 bits per heavy atom. The minimum atomic E-state index is 0.665. The molecule has 0 atom stereocenters. The zero-order valence-corrected chi connectivity index (χ0v) is 24.9. The highest BCUT2D eigenvalue weighted by molar-refractivity contribution is 6.11. The summed E-state index contributed by atoms with van der Waals surface area (Å²) in [5.41, 5.74) is 12.1. The average molecular weight is 586 g/mol. The fourth-order valence-electron chi connectivity index (χ4n) is 7.16. The van der Waals surface area contributed by atoms with Crippen LogP contribution in [0.5, 0.6) is 0 Å². The smallest absolute Gasteiger partial charge is 0.0991 e. The molecule has 9 aromatic rings. The largest absolute Gasteiger partial charge is 0.309 e. The number of nitrogens with zero attached hydrogens (tertiary/aromatic N) is 3.